The topological polar surface area (TPSA) is 55.4 Å². The van der Waals surface area contributed by atoms with E-state index in [0.29, 0.717) is 6.42 Å². The Kier molecular flexibility index (Phi) is 5.87. The van der Waals surface area contributed by atoms with Crippen LogP contribution in [0.3, 0.4) is 0 Å². The van der Waals surface area contributed by atoms with Crippen molar-refractivity contribution in [1.82, 2.24) is 5.32 Å². The van der Waals surface area contributed by atoms with Crippen LogP contribution in [0.4, 0.5) is 0 Å². The summed E-state index contributed by atoms with van der Waals surface area (Å²) in [4.78, 5) is 24.6. The molecule has 0 heterocycles. The Labute approximate surface area is 159 Å². The summed E-state index contributed by atoms with van der Waals surface area (Å²) in [5.74, 6) is -0.643. The van der Waals surface area contributed by atoms with Gasteiger partial charge in [0.05, 0.1) is 13.5 Å². The van der Waals surface area contributed by atoms with Gasteiger partial charge < -0.3 is 10.1 Å². The molecule has 0 spiro atoms. The van der Waals surface area contributed by atoms with Crippen molar-refractivity contribution in [2.24, 2.45) is 0 Å². The normalized spacial score (nSPS) is 11.8. The van der Waals surface area contributed by atoms with E-state index in [1.807, 2.05) is 73.7 Å². The molecule has 4 nitrogen and oxygen atoms in total. The summed E-state index contributed by atoms with van der Waals surface area (Å²) in [6, 6.07) is 21.1. The Morgan fingerprint density at radius 3 is 2.30 bits per heavy atom. The summed E-state index contributed by atoms with van der Waals surface area (Å²) in [5, 5.41) is 5.04. The number of ether oxygens (including phenoxy) is 1. The molecule has 138 valence electrons. The average Bonchev–Trinajstić information content (AvgIpc) is 2.68. The first-order valence-electron chi connectivity index (χ1n) is 8.95. The first-order valence-corrected chi connectivity index (χ1v) is 8.95. The van der Waals surface area contributed by atoms with Crippen molar-refractivity contribution in [1.29, 1.82) is 0 Å². The summed E-state index contributed by atoms with van der Waals surface area (Å²) in [6.07, 6.45) is 0.614. The van der Waals surface area contributed by atoms with Crippen molar-refractivity contribution in [2.45, 2.75) is 25.8 Å². The Balaban J connectivity index is 1.69. The number of carbonyl (C=O) groups excluding carboxylic acids is 2. The van der Waals surface area contributed by atoms with Crippen LogP contribution < -0.4 is 5.32 Å². The summed E-state index contributed by atoms with van der Waals surface area (Å²) in [5.41, 5.74) is 3.03. The van der Waals surface area contributed by atoms with Gasteiger partial charge in [-0.05, 0) is 28.8 Å². The van der Waals surface area contributed by atoms with Gasteiger partial charge in [0.2, 0.25) is 5.91 Å². The quantitative estimate of drug-likeness (QED) is 0.683. The Bertz CT molecular complexity index is 947. The van der Waals surface area contributed by atoms with Gasteiger partial charge in [0, 0.05) is 6.42 Å². The van der Waals surface area contributed by atoms with Gasteiger partial charge >= 0.3 is 5.97 Å². The third kappa shape index (κ3) is 4.94. The summed E-state index contributed by atoms with van der Waals surface area (Å²) >= 11 is 0. The monoisotopic (exact) mass is 361 g/mol. The molecule has 1 N–H and O–H groups in total. The molecular weight excluding hydrogens is 338 g/mol. The van der Waals surface area contributed by atoms with E-state index >= 15 is 0 Å². The molecule has 0 radical (unpaired) electrons. The van der Waals surface area contributed by atoms with Gasteiger partial charge in [0.25, 0.3) is 0 Å². The second-order valence-electron chi connectivity index (χ2n) is 6.69. The maximum absolute atomic E-state index is 12.5. The van der Waals surface area contributed by atoms with Crippen LogP contribution >= 0.6 is 0 Å². The molecule has 1 atom stereocenters. The summed E-state index contributed by atoms with van der Waals surface area (Å²) in [7, 11) is 1.33. The molecule has 0 saturated heterocycles. The van der Waals surface area contributed by atoms with Crippen molar-refractivity contribution in [3.8, 4) is 0 Å². The van der Waals surface area contributed by atoms with Gasteiger partial charge in [-0.15, -0.1) is 0 Å². The highest BCUT2D eigenvalue weighted by atomic mass is 16.5. The lowest BCUT2D eigenvalue weighted by Gasteiger charge is -2.17. The molecule has 0 aliphatic heterocycles. The predicted molar refractivity (Wildman–Crippen MR) is 106 cm³/mol. The first kappa shape index (κ1) is 18.6. The minimum Gasteiger partial charge on any atom is -0.467 e. The number of fused-ring (bicyclic) bond motifs is 1. The van der Waals surface area contributed by atoms with Crippen LogP contribution in [0.1, 0.15) is 16.7 Å². The largest absolute Gasteiger partial charge is 0.467 e. The zero-order chi connectivity index (χ0) is 19.2. The summed E-state index contributed by atoms with van der Waals surface area (Å²) in [6.45, 7) is 2.01. The van der Waals surface area contributed by atoms with Gasteiger partial charge in [0.15, 0.2) is 0 Å². The number of benzene rings is 3. The van der Waals surface area contributed by atoms with Crippen LogP contribution in [0, 0.1) is 6.92 Å². The van der Waals surface area contributed by atoms with Crippen molar-refractivity contribution in [3.05, 3.63) is 83.4 Å². The van der Waals surface area contributed by atoms with E-state index in [2.05, 4.69) is 5.32 Å². The van der Waals surface area contributed by atoms with E-state index in [9.17, 15) is 9.59 Å². The van der Waals surface area contributed by atoms with E-state index in [1.165, 1.54) is 7.11 Å². The van der Waals surface area contributed by atoms with E-state index < -0.39 is 12.0 Å². The zero-order valence-electron chi connectivity index (χ0n) is 15.6. The standard InChI is InChI=1S/C23H23NO3/c1-16-7-9-17(10-8-16)14-21(23(26)27-2)24-22(25)15-18-11-12-19-5-3-4-6-20(19)13-18/h3-13,21H,14-15H2,1-2H3,(H,24,25)/t21-/m0/s1. The fourth-order valence-electron chi connectivity index (χ4n) is 3.07. The summed E-state index contributed by atoms with van der Waals surface area (Å²) < 4.78 is 4.86. The molecule has 0 aliphatic carbocycles. The van der Waals surface area contributed by atoms with Gasteiger partial charge in [-0.2, -0.15) is 0 Å². The Hall–Kier alpha value is -3.14. The number of aryl methyl sites for hydroxylation is 1. The molecule has 0 bridgehead atoms. The third-order valence-corrected chi connectivity index (χ3v) is 4.56. The van der Waals surface area contributed by atoms with Crippen LogP contribution in [-0.4, -0.2) is 25.0 Å². The first-order chi connectivity index (χ1) is 13.0. The number of rotatable bonds is 6. The van der Waals surface area contributed by atoms with E-state index in [1.54, 1.807) is 0 Å². The molecule has 0 fully saturated rings. The second kappa shape index (κ2) is 8.49. The third-order valence-electron chi connectivity index (χ3n) is 4.56. The molecule has 0 aromatic heterocycles. The zero-order valence-corrected chi connectivity index (χ0v) is 15.6. The highest BCUT2D eigenvalue weighted by Gasteiger charge is 2.22. The maximum Gasteiger partial charge on any atom is 0.328 e. The van der Waals surface area contributed by atoms with Gasteiger partial charge in [-0.1, -0.05) is 72.3 Å². The lowest BCUT2D eigenvalue weighted by Crippen LogP contribution is -2.43. The van der Waals surface area contributed by atoms with E-state index in [4.69, 9.17) is 4.74 Å². The SMILES string of the molecule is COC(=O)[C@H](Cc1ccc(C)cc1)NC(=O)Cc1ccc2ccccc2c1. The van der Waals surface area contributed by atoms with Crippen molar-refractivity contribution in [3.63, 3.8) is 0 Å². The van der Waals surface area contributed by atoms with Crippen LogP contribution in [0.2, 0.25) is 0 Å². The van der Waals surface area contributed by atoms with Gasteiger partial charge in [-0.3, -0.25) is 4.79 Å². The lowest BCUT2D eigenvalue weighted by atomic mass is 10.0. The number of nitrogens with one attached hydrogen (secondary N) is 1. The fraction of sp³-hybridized carbons (Fsp3) is 0.217. The number of amides is 1. The van der Waals surface area contributed by atoms with Gasteiger partial charge in [-0.25, -0.2) is 4.79 Å². The number of carbonyl (C=O) groups is 2. The fourth-order valence-corrected chi connectivity index (χ4v) is 3.07. The van der Waals surface area contributed by atoms with Crippen LogP contribution in [0.5, 0.6) is 0 Å². The molecule has 3 aromatic rings. The molecule has 4 heteroatoms. The highest BCUT2D eigenvalue weighted by molar-refractivity contribution is 5.88. The Morgan fingerprint density at radius 1 is 0.926 bits per heavy atom. The molecule has 0 unspecified atom stereocenters. The van der Waals surface area contributed by atoms with Crippen LogP contribution in [-0.2, 0) is 27.2 Å². The molecular formula is C23H23NO3. The number of methoxy groups -OCH3 is 1. The molecule has 0 saturated carbocycles. The smallest absolute Gasteiger partial charge is 0.328 e. The lowest BCUT2D eigenvalue weighted by molar-refractivity contribution is -0.145. The molecule has 0 aliphatic rings. The van der Waals surface area contributed by atoms with Crippen molar-refractivity contribution < 1.29 is 14.3 Å². The minimum absolute atomic E-state index is 0.201. The maximum atomic E-state index is 12.5. The molecule has 1 amide bonds. The molecule has 3 rings (SSSR count). The highest BCUT2D eigenvalue weighted by Crippen LogP contribution is 2.16. The van der Waals surface area contributed by atoms with Crippen LogP contribution in [0.25, 0.3) is 10.8 Å². The van der Waals surface area contributed by atoms with Gasteiger partial charge in [0.1, 0.15) is 6.04 Å². The van der Waals surface area contributed by atoms with Crippen molar-refractivity contribution in [2.75, 3.05) is 7.11 Å². The Morgan fingerprint density at radius 2 is 1.59 bits per heavy atom. The molecule has 3 aromatic carbocycles. The average molecular weight is 361 g/mol. The predicted octanol–water partition coefficient (Wildman–Crippen LogP) is 3.59. The van der Waals surface area contributed by atoms with E-state index in [-0.39, 0.29) is 12.3 Å². The van der Waals surface area contributed by atoms with Crippen molar-refractivity contribution >= 4 is 22.6 Å². The molecule has 27 heavy (non-hydrogen) atoms. The number of esters is 1. The number of hydrogen-bond donors (Lipinski definition) is 1. The number of hydrogen-bond acceptors (Lipinski definition) is 3. The van der Waals surface area contributed by atoms with Crippen LogP contribution in [0.15, 0.2) is 66.7 Å². The van der Waals surface area contributed by atoms with E-state index in [0.717, 1.165) is 27.5 Å². The second-order valence-corrected chi connectivity index (χ2v) is 6.69. The minimum atomic E-state index is -0.703.